The van der Waals surface area contributed by atoms with Crippen LogP contribution in [0.4, 0.5) is 8.78 Å². The van der Waals surface area contributed by atoms with Crippen LogP contribution in [0.15, 0.2) is 36.1 Å². The van der Waals surface area contributed by atoms with Crippen molar-refractivity contribution in [3.8, 4) is 32.5 Å². The van der Waals surface area contributed by atoms with Gasteiger partial charge in [-0.25, -0.2) is 23.3 Å². The van der Waals surface area contributed by atoms with Gasteiger partial charge in [-0.15, -0.1) is 22.7 Å². The zero-order valence-corrected chi connectivity index (χ0v) is 15.4. The number of aromatic nitrogens is 6. The van der Waals surface area contributed by atoms with Gasteiger partial charge in [0.25, 0.3) is 0 Å². The molecule has 0 spiro atoms. The molecule has 134 valence electrons. The fraction of sp³-hybridized carbons (Fsp3) is 0.0588. The van der Waals surface area contributed by atoms with E-state index in [1.807, 2.05) is 23.0 Å². The molecule has 0 aliphatic rings. The molecule has 1 aromatic carbocycles. The predicted octanol–water partition coefficient (Wildman–Crippen LogP) is 4.56. The second kappa shape index (κ2) is 6.03. The lowest BCUT2D eigenvalue weighted by Crippen LogP contribution is -1.88. The van der Waals surface area contributed by atoms with E-state index >= 15 is 0 Å². The molecule has 0 atom stereocenters. The third-order valence-electron chi connectivity index (χ3n) is 4.09. The van der Waals surface area contributed by atoms with Gasteiger partial charge in [-0.05, 0) is 25.1 Å². The minimum atomic E-state index is -0.923. The van der Waals surface area contributed by atoms with E-state index in [4.69, 9.17) is 4.98 Å². The van der Waals surface area contributed by atoms with Gasteiger partial charge in [0.2, 0.25) is 0 Å². The first-order valence-electron chi connectivity index (χ1n) is 7.86. The van der Waals surface area contributed by atoms with E-state index in [9.17, 15) is 8.78 Å². The van der Waals surface area contributed by atoms with Gasteiger partial charge in [0.1, 0.15) is 16.2 Å². The van der Waals surface area contributed by atoms with Crippen molar-refractivity contribution in [1.29, 1.82) is 0 Å². The maximum Gasteiger partial charge on any atom is 0.167 e. The number of nitrogens with one attached hydrogen (secondary N) is 1. The maximum absolute atomic E-state index is 13.8. The normalized spacial score (nSPS) is 11.5. The highest BCUT2D eigenvalue weighted by atomic mass is 32.1. The molecule has 0 saturated carbocycles. The van der Waals surface area contributed by atoms with Crippen molar-refractivity contribution in [3.63, 3.8) is 0 Å². The van der Waals surface area contributed by atoms with Crippen LogP contribution in [0.3, 0.4) is 0 Å². The Morgan fingerprint density at radius 1 is 1.19 bits per heavy atom. The predicted molar refractivity (Wildman–Crippen MR) is 99.6 cm³/mol. The SMILES string of the molecule is Cc1nn2ccsc2c1-c1nc(-c2ccc(F)c(F)c2)c(-c2ncn[nH]2)s1. The third kappa shape index (κ3) is 2.56. The maximum atomic E-state index is 13.8. The lowest BCUT2D eigenvalue weighted by Gasteiger charge is -2.01. The number of aryl methyl sites for hydroxylation is 1. The summed E-state index contributed by atoms with van der Waals surface area (Å²) >= 11 is 2.97. The zero-order valence-electron chi connectivity index (χ0n) is 13.8. The highest BCUT2D eigenvalue weighted by Gasteiger charge is 2.23. The molecule has 27 heavy (non-hydrogen) atoms. The molecule has 0 amide bonds. The molecule has 0 radical (unpaired) electrons. The Bertz CT molecular complexity index is 1270. The number of nitrogens with zero attached hydrogens (tertiary/aromatic N) is 5. The molecule has 5 rings (SSSR count). The Morgan fingerprint density at radius 3 is 2.85 bits per heavy atom. The lowest BCUT2D eigenvalue weighted by atomic mass is 10.1. The van der Waals surface area contributed by atoms with Crippen LogP contribution < -0.4 is 0 Å². The van der Waals surface area contributed by atoms with Crippen LogP contribution in [0, 0.1) is 18.6 Å². The average molecular weight is 400 g/mol. The van der Waals surface area contributed by atoms with E-state index < -0.39 is 11.6 Å². The Hall–Kier alpha value is -2.98. The summed E-state index contributed by atoms with van der Waals surface area (Å²) in [7, 11) is 0. The number of halogens is 2. The zero-order chi connectivity index (χ0) is 18.5. The number of hydrogen-bond acceptors (Lipinski definition) is 6. The minimum Gasteiger partial charge on any atom is -0.259 e. The molecule has 0 aliphatic carbocycles. The van der Waals surface area contributed by atoms with E-state index in [-0.39, 0.29) is 0 Å². The van der Waals surface area contributed by atoms with Crippen LogP contribution in [0.1, 0.15) is 5.69 Å². The van der Waals surface area contributed by atoms with E-state index in [1.54, 1.807) is 11.3 Å². The van der Waals surface area contributed by atoms with Crippen LogP contribution in [0.25, 0.3) is 37.4 Å². The number of fused-ring (bicyclic) bond motifs is 1. The van der Waals surface area contributed by atoms with Gasteiger partial charge >= 0.3 is 0 Å². The van der Waals surface area contributed by atoms with Crippen molar-refractivity contribution in [2.75, 3.05) is 0 Å². The van der Waals surface area contributed by atoms with Crippen LogP contribution in [-0.2, 0) is 0 Å². The molecule has 6 nitrogen and oxygen atoms in total. The first kappa shape index (κ1) is 16.2. The first-order valence-corrected chi connectivity index (χ1v) is 9.56. The minimum absolute atomic E-state index is 0.468. The summed E-state index contributed by atoms with van der Waals surface area (Å²) in [6, 6.07) is 3.73. The molecule has 0 bridgehead atoms. The molecule has 0 fully saturated rings. The number of rotatable bonds is 3. The standard InChI is InChI=1S/C17H10F2N6S2/c1-8-12(17-25(24-8)4-5-26-17)16-22-13(9-2-3-10(18)11(19)6-9)14(27-16)15-20-7-21-23-15/h2-7H,1H3,(H,20,21,23). The lowest BCUT2D eigenvalue weighted by molar-refractivity contribution is 0.509. The largest absolute Gasteiger partial charge is 0.259 e. The molecule has 4 heterocycles. The second-order valence-corrected chi connectivity index (χ2v) is 7.67. The van der Waals surface area contributed by atoms with Gasteiger partial charge < -0.3 is 0 Å². The molecule has 0 aliphatic heterocycles. The van der Waals surface area contributed by atoms with E-state index in [2.05, 4.69) is 20.3 Å². The van der Waals surface area contributed by atoms with Crippen LogP contribution in [0.2, 0.25) is 0 Å². The van der Waals surface area contributed by atoms with Crippen molar-refractivity contribution < 1.29 is 8.78 Å². The summed E-state index contributed by atoms with van der Waals surface area (Å²) in [6.07, 6.45) is 3.28. The Labute approximate surface area is 159 Å². The molecular weight excluding hydrogens is 390 g/mol. The number of thiazole rings is 2. The van der Waals surface area contributed by atoms with Crippen molar-refractivity contribution in [2.45, 2.75) is 6.92 Å². The monoisotopic (exact) mass is 400 g/mol. The highest BCUT2D eigenvalue weighted by molar-refractivity contribution is 7.20. The van der Waals surface area contributed by atoms with Crippen molar-refractivity contribution in [3.05, 3.63) is 53.4 Å². The first-order chi connectivity index (χ1) is 13.1. The van der Waals surface area contributed by atoms with Crippen LogP contribution in [-0.4, -0.2) is 29.8 Å². The van der Waals surface area contributed by atoms with Crippen LogP contribution in [0.5, 0.6) is 0 Å². The summed E-state index contributed by atoms with van der Waals surface area (Å²) < 4.78 is 29.0. The van der Waals surface area contributed by atoms with Gasteiger partial charge in [0.15, 0.2) is 17.5 Å². The fourth-order valence-electron chi connectivity index (χ4n) is 2.88. The summed E-state index contributed by atoms with van der Waals surface area (Å²) in [4.78, 5) is 10.6. The van der Waals surface area contributed by atoms with Crippen molar-refractivity contribution in [1.82, 2.24) is 29.8 Å². The fourth-order valence-corrected chi connectivity index (χ4v) is 4.95. The number of H-pyrrole nitrogens is 1. The highest BCUT2D eigenvalue weighted by Crippen LogP contribution is 2.42. The quantitative estimate of drug-likeness (QED) is 0.482. The Morgan fingerprint density at radius 2 is 2.07 bits per heavy atom. The van der Waals surface area contributed by atoms with E-state index in [0.29, 0.717) is 22.0 Å². The van der Waals surface area contributed by atoms with Crippen LogP contribution >= 0.6 is 22.7 Å². The Kier molecular flexibility index (Phi) is 3.62. The topological polar surface area (TPSA) is 71.8 Å². The number of benzene rings is 1. The molecule has 5 aromatic rings. The van der Waals surface area contributed by atoms with Gasteiger partial charge in [-0.1, -0.05) is 0 Å². The molecule has 4 aromatic heterocycles. The average Bonchev–Trinajstić information content (AvgIpc) is 3.39. The van der Waals surface area contributed by atoms with Gasteiger partial charge in [-0.2, -0.15) is 10.2 Å². The molecular formula is C17H10F2N6S2. The van der Waals surface area contributed by atoms with E-state index in [0.717, 1.165) is 33.2 Å². The van der Waals surface area contributed by atoms with Gasteiger partial charge in [-0.3, -0.25) is 5.10 Å². The summed E-state index contributed by atoms with van der Waals surface area (Å²) in [5.74, 6) is -1.30. The molecule has 1 N–H and O–H groups in total. The molecule has 0 saturated heterocycles. The summed E-state index contributed by atoms with van der Waals surface area (Å²) in [6.45, 7) is 1.92. The van der Waals surface area contributed by atoms with Gasteiger partial charge in [0.05, 0.1) is 21.8 Å². The van der Waals surface area contributed by atoms with Crippen molar-refractivity contribution in [2.24, 2.45) is 0 Å². The number of aromatic amines is 1. The second-order valence-electron chi connectivity index (χ2n) is 5.77. The molecule has 10 heteroatoms. The third-order valence-corrected chi connectivity index (χ3v) is 6.04. The summed E-state index contributed by atoms with van der Waals surface area (Å²) in [5, 5.41) is 13.9. The van der Waals surface area contributed by atoms with E-state index in [1.165, 1.54) is 23.7 Å². The molecule has 0 unspecified atom stereocenters. The Balaban J connectivity index is 1.76. The van der Waals surface area contributed by atoms with Crippen molar-refractivity contribution >= 4 is 27.5 Å². The number of hydrogen-bond donors (Lipinski definition) is 1. The van der Waals surface area contributed by atoms with Gasteiger partial charge in [0, 0.05) is 17.1 Å². The smallest absolute Gasteiger partial charge is 0.167 e. The summed E-state index contributed by atoms with van der Waals surface area (Å²) in [5.41, 5.74) is 2.75.